The van der Waals surface area contributed by atoms with Crippen LogP contribution in [-0.2, 0) is 5.41 Å². The largest absolute Gasteiger partial charge is 0.310 e. The molecule has 0 aliphatic heterocycles. The molecule has 0 saturated carbocycles. The van der Waals surface area contributed by atoms with Gasteiger partial charge in [0.1, 0.15) is 0 Å². The standard InChI is InChI=1S/C63H40N2/c1-2-17-44(18-3-1)65-60-29-15-11-25-54(60)55-37-35-46(40-62(55)65)64(61-39-43-16-4-5-19-47(43)48-20-6-7-24-53(48)61)45-33-30-41(31-34-45)42-32-36-52-51-23-10-14-28-58(51)63(59(52)38-42)56-26-12-8-21-49(56)50-22-9-13-27-57(50)63/h1-40H. The smallest absolute Gasteiger partial charge is 0.0725 e. The molecule has 0 bridgehead atoms. The van der Waals surface area contributed by atoms with Gasteiger partial charge in [0.25, 0.3) is 0 Å². The van der Waals surface area contributed by atoms with Crippen LogP contribution in [0.15, 0.2) is 243 Å². The minimum atomic E-state index is -0.385. The predicted molar refractivity (Wildman–Crippen MR) is 272 cm³/mol. The number of aromatic nitrogens is 1. The summed E-state index contributed by atoms with van der Waals surface area (Å²) < 4.78 is 2.41. The van der Waals surface area contributed by atoms with Crippen LogP contribution >= 0.6 is 0 Å². The summed E-state index contributed by atoms with van der Waals surface area (Å²) in [5.41, 5.74) is 19.6. The molecule has 11 aromatic carbocycles. The van der Waals surface area contributed by atoms with Crippen molar-refractivity contribution in [2.24, 2.45) is 0 Å². The molecule has 0 radical (unpaired) electrons. The maximum absolute atomic E-state index is 2.48. The number of anilines is 3. The Morgan fingerprint density at radius 1 is 0.308 bits per heavy atom. The average Bonchev–Trinajstić information content (AvgIpc) is 3.98. The topological polar surface area (TPSA) is 8.17 Å². The molecule has 2 heteroatoms. The first-order valence-electron chi connectivity index (χ1n) is 22.6. The van der Waals surface area contributed by atoms with E-state index in [2.05, 4.69) is 252 Å². The predicted octanol–water partition coefficient (Wildman–Crippen LogP) is 16.6. The van der Waals surface area contributed by atoms with E-state index in [1.54, 1.807) is 0 Å². The van der Waals surface area contributed by atoms with E-state index in [0.717, 1.165) is 22.7 Å². The van der Waals surface area contributed by atoms with Crippen molar-refractivity contribution in [3.8, 4) is 39.1 Å². The Morgan fingerprint density at radius 3 is 1.54 bits per heavy atom. The molecule has 14 rings (SSSR count). The minimum Gasteiger partial charge on any atom is -0.310 e. The maximum atomic E-state index is 2.48. The summed E-state index contributed by atoms with van der Waals surface area (Å²) >= 11 is 0. The second-order valence-corrected chi connectivity index (χ2v) is 17.6. The highest BCUT2D eigenvalue weighted by atomic mass is 15.1. The summed E-state index contributed by atoms with van der Waals surface area (Å²) in [6, 6.07) is 90.1. The molecular formula is C63H40N2. The molecule has 1 aromatic heterocycles. The highest BCUT2D eigenvalue weighted by molar-refractivity contribution is 6.15. The number of nitrogens with zero attached hydrogens (tertiary/aromatic N) is 2. The Kier molecular flexibility index (Phi) is 7.64. The van der Waals surface area contributed by atoms with Crippen LogP contribution in [0.4, 0.5) is 17.1 Å². The van der Waals surface area contributed by atoms with E-state index >= 15 is 0 Å². The fraction of sp³-hybridized carbons (Fsp3) is 0.0159. The lowest BCUT2D eigenvalue weighted by molar-refractivity contribution is 0.794. The van der Waals surface area contributed by atoms with Crippen molar-refractivity contribution in [1.29, 1.82) is 0 Å². The van der Waals surface area contributed by atoms with Gasteiger partial charge in [0.2, 0.25) is 0 Å². The molecule has 2 aliphatic rings. The molecule has 0 fully saturated rings. The monoisotopic (exact) mass is 824 g/mol. The van der Waals surface area contributed by atoms with E-state index in [1.165, 1.54) is 99.0 Å². The van der Waals surface area contributed by atoms with Crippen molar-refractivity contribution in [3.05, 3.63) is 265 Å². The van der Waals surface area contributed by atoms with E-state index in [1.807, 2.05) is 0 Å². The third kappa shape index (κ3) is 5.05. The van der Waals surface area contributed by atoms with Gasteiger partial charge in [0, 0.05) is 33.2 Å². The SMILES string of the molecule is c1ccc(-n2c3ccccc3c3ccc(N(c4ccc(-c5ccc6c(c5)C5(c7ccccc7-c7ccccc75)c5ccccc5-6)cc4)c4cc5ccccc5c5ccccc45)cc32)cc1. The molecular weight excluding hydrogens is 785 g/mol. The third-order valence-corrected chi connectivity index (χ3v) is 14.4. The van der Waals surface area contributed by atoms with Crippen LogP contribution in [0, 0.1) is 0 Å². The highest BCUT2D eigenvalue weighted by Gasteiger charge is 2.51. The van der Waals surface area contributed by atoms with Crippen LogP contribution in [0.1, 0.15) is 22.3 Å². The number of fused-ring (bicyclic) bond motifs is 16. The van der Waals surface area contributed by atoms with Crippen molar-refractivity contribution in [2.75, 3.05) is 4.90 Å². The van der Waals surface area contributed by atoms with Crippen molar-refractivity contribution >= 4 is 60.4 Å². The number of para-hydroxylation sites is 2. The normalized spacial score (nSPS) is 13.0. The zero-order chi connectivity index (χ0) is 42.6. The number of hydrogen-bond donors (Lipinski definition) is 0. The first kappa shape index (κ1) is 36.1. The van der Waals surface area contributed by atoms with E-state index < -0.39 is 0 Å². The van der Waals surface area contributed by atoms with Gasteiger partial charge in [-0.2, -0.15) is 0 Å². The molecule has 2 nitrogen and oxygen atoms in total. The molecule has 65 heavy (non-hydrogen) atoms. The van der Waals surface area contributed by atoms with Gasteiger partial charge >= 0.3 is 0 Å². The molecule has 1 heterocycles. The summed E-state index contributed by atoms with van der Waals surface area (Å²) in [6.45, 7) is 0. The number of rotatable bonds is 5. The Balaban J connectivity index is 0.967. The van der Waals surface area contributed by atoms with Crippen LogP contribution < -0.4 is 4.90 Å². The first-order chi connectivity index (χ1) is 32.3. The first-order valence-corrected chi connectivity index (χ1v) is 22.6. The van der Waals surface area contributed by atoms with Crippen molar-refractivity contribution < 1.29 is 0 Å². The summed E-state index contributed by atoms with van der Waals surface area (Å²) in [5, 5.41) is 7.39. The lowest BCUT2D eigenvalue weighted by Crippen LogP contribution is -2.25. The molecule has 12 aromatic rings. The van der Waals surface area contributed by atoms with Crippen molar-refractivity contribution in [2.45, 2.75) is 5.41 Å². The molecule has 0 N–H and O–H groups in total. The molecule has 0 atom stereocenters. The maximum Gasteiger partial charge on any atom is 0.0725 e. The Morgan fingerprint density at radius 2 is 0.831 bits per heavy atom. The van der Waals surface area contributed by atoms with Crippen LogP contribution in [0.2, 0.25) is 0 Å². The van der Waals surface area contributed by atoms with Gasteiger partial charge in [-0.1, -0.05) is 188 Å². The van der Waals surface area contributed by atoms with Gasteiger partial charge in [-0.25, -0.2) is 0 Å². The summed E-state index contributed by atoms with van der Waals surface area (Å²) in [6.07, 6.45) is 0. The Hall–Kier alpha value is -8.46. The molecule has 302 valence electrons. The van der Waals surface area contributed by atoms with Crippen LogP contribution in [0.25, 0.3) is 82.4 Å². The van der Waals surface area contributed by atoms with Crippen molar-refractivity contribution in [3.63, 3.8) is 0 Å². The summed E-state index contributed by atoms with van der Waals surface area (Å²) in [4.78, 5) is 2.46. The van der Waals surface area contributed by atoms with Gasteiger partial charge in [0.05, 0.1) is 22.1 Å². The van der Waals surface area contributed by atoms with Gasteiger partial charge in [-0.15, -0.1) is 0 Å². The van der Waals surface area contributed by atoms with E-state index in [0.29, 0.717) is 0 Å². The van der Waals surface area contributed by atoms with Gasteiger partial charge in [-0.3, -0.25) is 0 Å². The van der Waals surface area contributed by atoms with E-state index in [9.17, 15) is 0 Å². The molecule has 0 unspecified atom stereocenters. The van der Waals surface area contributed by atoms with Gasteiger partial charge < -0.3 is 9.47 Å². The average molecular weight is 825 g/mol. The lowest BCUT2D eigenvalue weighted by atomic mass is 9.70. The Labute approximate surface area is 377 Å². The van der Waals surface area contributed by atoms with E-state index in [-0.39, 0.29) is 5.41 Å². The van der Waals surface area contributed by atoms with Crippen molar-refractivity contribution in [1.82, 2.24) is 4.57 Å². The van der Waals surface area contributed by atoms with E-state index in [4.69, 9.17) is 0 Å². The molecule has 1 spiro atoms. The van der Waals surface area contributed by atoms with Crippen LogP contribution in [0.5, 0.6) is 0 Å². The minimum absolute atomic E-state index is 0.385. The second kappa shape index (κ2) is 13.8. The zero-order valence-electron chi connectivity index (χ0n) is 35.5. The molecule has 0 amide bonds. The Bertz CT molecular complexity index is 3830. The van der Waals surface area contributed by atoms with Crippen LogP contribution in [-0.4, -0.2) is 4.57 Å². The second-order valence-electron chi connectivity index (χ2n) is 17.6. The quantitative estimate of drug-likeness (QED) is 0.157. The number of benzene rings is 11. The van der Waals surface area contributed by atoms with Gasteiger partial charge in [-0.05, 0) is 126 Å². The van der Waals surface area contributed by atoms with Gasteiger partial charge in [0.15, 0.2) is 0 Å². The fourth-order valence-corrected chi connectivity index (χ4v) is 11.7. The highest BCUT2D eigenvalue weighted by Crippen LogP contribution is 2.63. The van der Waals surface area contributed by atoms with Crippen LogP contribution in [0.3, 0.4) is 0 Å². The molecule has 0 saturated heterocycles. The lowest BCUT2D eigenvalue weighted by Gasteiger charge is -2.30. The summed E-state index contributed by atoms with van der Waals surface area (Å²) in [5.74, 6) is 0. The third-order valence-electron chi connectivity index (χ3n) is 14.4. The zero-order valence-corrected chi connectivity index (χ0v) is 35.5. The fourth-order valence-electron chi connectivity index (χ4n) is 11.7. The summed E-state index contributed by atoms with van der Waals surface area (Å²) in [7, 11) is 0. The number of hydrogen-bond acceptors (Lipinski definition) is 1. The molecule has 2 aliphatic carbocycles.